The number of nitrogens with one attached hydrogen (secondary N) is 6. The Bertz CT molecular complexity index is 4440. The van der Waals surface area contributed by atoms with Crippen LogP contribution >= 0.6 is 23.2 Å². The van der Waals surface area contributed by atoms with Gasteiger partial charge in [0.2, 0.25) is 0 Å². The van der Waals surface area contributed by atoms with Crippen molar-refractivity contribution in [1.82, 2.24) is 50.1 Å². The lowest BCUT2D eigenvalue weighted by Crippen LogP contribution is -3.00. The molecule has 3 spiro atoms. The van der Waals surface area contributed by atoms with Crippen molar-refractivity contribution in [3.63, 3.8) is 0 Å². The number of aliphatic hydroxyl groups is 2. The normalized spacial score (nSPS) is 24.9. The first-order valence-corrected chi connectivity index (χ1v) is 37.1. The number of hydrogen-bond acceptors (Lipinski definition) is 18. The summed E-state index contributed by atoms with van der Waals surface area (Å²) >= 11 is 11.9. The van der Waals surface area contributed by atoms with Gasteiger partial charge in [-0.1, -0.05) is 23.2 Å². The standard InChI is InChI=1S/C27H32N6O2.C19H28ClN3O2.C18H24ClN3O2.C14H16BN3O2.HI/c1-16(2)31-22-8-23(24-6-5-20-7-17(13-28)14-30-33(20)24)29-15-21(22)25(34)32-19-11-27(12-19)9-18(10-27)26(3,4)35;1-11(2)22-15-5-16(20)21-10-14(15)17(24)23-13-8-19(9-13)6-12(7-19)18(3,4)25;1-10(2)21-15-4-16(19)20-9-14(15)17(24)22-13-7-18(8-13)5-12(6-18)11(3)23;1-13(2)14(3,4)20-15(19-13)12-6-5-11-7-10(8-16)9-17-18(11)12;/h5-8,14-16,18-19,35H,9-12H2,1-4H3,(H,29,31)(H,32,34);5,10-13,25H,6-9H2,1-4H3,(H,21,22)(H,23,24);4,9-10,12-13H,5-8H2,1-3H3,(H,20,21)(H,22,24);5-7,9H,1-4H3;1H/p-1. The quantitative estimate of drug-likeness (QED) is 0.0239. The van der Waals surface area contributed by atoms with Crippen LogP contribution in [0.15, 0.2) is 85.6 Å². The summed E-state index contributed by atoms with van der Waals surface area (Å²) in [4.78, 5) is 62.4. The molecule has 6 saturated carbocycles. The Balaban J connectivity index is 0.000000153. The molecule has 0 aromatic carbocycles. The minimum atomic E-state index is -0.622. The zero-order chi connectivity index (χ0) is 75.4. The molecule has 560 valence electrons. The average Bonchev–Trinajstić information content (AvgIpc) is 1.49. The highest BCUT2D eigenvalue weighted by Crippen LogP contribution is 2.63. The Kier molecular flexibility index (Phi) is 23.6. The molecular formula is C78H100BCl2IN15O8-. The van der Waals surface area contributed by atoms with Crippen LogP contribution in [0.5, 0.6) is 0 Å². The van der Waals surface area contributed by atoms with E-state index >= 15 is 0 Å². The zero-order valence-corrected chi connectivity index (χ0v) is 66.5. The number of hydrogen-bond donors (Lipinski definition) is 8. The van der Waals surface area contributed by atoms with E-state index in [1.807, 2.05) is 127 Å². The molecule has 8 heterocycles. The predicted octanol–water partition coefficient (Wildman–Crippen LogP) is 9.70. The number of pyridine rings is 3. The van der Waals surface area contributed by atoms with Gasteiger partial charge in [0.1, 0.15) is 28.2 Å². The third-order valence-electron chi connectivity index (χ3n) is 22.5. The molecule has 3 amide bonds. The number of Topliss-reactive ketones (excluding diaryl/α,β-unsaturated/α-hetero) is 1. The summed E-state index contributed by atoms with van der Waals surface area (Å²) in [5, 5.41) is 67.0. The fraction of sp³-hybridized carbons (Fsp3) is 0.551. The summed E-state index contributed by atoms with van der Waals surface area (Å²) in [6.45, 7) is 29.4. The lowest BCUT2D eigenvalue weighted by molar-refractivity contribution is -0.134. The maximum atomic E-state index is 13.2. The summed E-state index contributed by atoms with van der Waals surface area (Å²) in [6.07, 6.45) is 19.8. The van der Waals surface area contributed by atoms with Crippen LogP contribution in [0.1, 0.15) is 223 Å². The first kappa shape index (κ1) is 80.1. The molecule has 14 rings (SSSR count). The first-order chi connectivity index (χ1) is 48.8. The number of amides is 3. The van der Waals surface area contributed by atoms with E-state index in [4.69, 9.17) is 43.0 Å². The van der Waals surface area contributed by atoms with Crippen molar-refractivity contribution in [3.8, 4) is 23.5 Å². The Morgan fingerprint density at radius 2 is 0.905 bits per heavy atom. The molecular weight excluding hydrogens is 1480 g/mol. The van der Waals surface area contributed by atoms with Crippen molar-refractivity contribution in [2.24, 2.45) is 34.0 Å². The predicted molar refractivity (Wildman–Crippen MR) is 404 cm³/mol. The van der Waals surface area contributed by atoms with Crippen LogP contribution in [0, 0.1) is 56.7 Å². The third-order valence-corrected chi connectivity index (χ3v) is 22.9. The van der Waals surface area contributed by atoms with Crippen molar-refractivity contribution in [2.75, 3.05) is 16.0 Å². The van der Waals surface area contributed by atoms with E-state index in [9.17, 15) is 29.4 Å². The van der Waals surface area contributed by atoms with Crippen LogP contribution in [-0.4, -0.2) is 134 Å². The number of carbonyl (C=O) groups is 4. The smallest absolute Gasteiger partial charge is 0.514 e. The minimum absolute atomic E-state index is 0. The second kappa shape index (κ2) is 31.0. The second-order valence-electron chi connectivity index (χ2n) is 33.5. The Morgan fingerprint density at radius 3 is 1.29 bits per heavy atom. The van der Waals surface area contributed by atoms with E-state index in [-0.39, 0.29) is 100 Å². The van der Waals surface area contributed by atoms with Gasteiger partial charge in [0, 0.05) is 60.8 Å². The number of fused-ring (bicyclic) bond motifs is 2. The summed E-state index contributed by atoms with van der Waals surface area (Å²) in [5.41, 5.74) is 7.68. The average molecular weight is 1580 g/mol. The molecule has 1 aliphatic heterocycles. The Hall–Kier alpha value is -7.50. The maximum Gasteiger partial charge on any atom is 0.514 e. The number of halogens is 3. The number of rotatable bonds is 17. The molecule has 0 bridgehead atoms. The van der Waals surface area contributed by atoms with Crippen molar-refractivity contribution in [3.05, 3.63) is 124 Å². The van der Waals surface area contributed by atoms with Crippen molar-refractivity contribution >= 4 is 87.5 Å². The number of aromatic nitrogens is 7. The van der Waals surface area contributed by atoms with E-state index in [2.05, 4.69) is 69.2 Å². The van der Waals surface area contributed by atoms with Gasteiger partial charge >= 0.3 is 7.12 Å². The third kappa shape index (κ3) is 18.1. The summed E-state index contributed by atoms with van der Waals surface area (Å²) < 4.78 is 15.5. The molecule has 0 atom stereocenters. The summed E-state index contributed by atoms with van der Waals surface area (Å²) in [5.74, 6) is 0.918. The van der Waals surface area contributed by atoms with Gasteiger partial charge < -0.3 is 75.4 Å². The first-order valence-electron chi connectivity index (χ1n) is 36.4. The second-order valence-corrected chi connectivity index (χ2v) is 34.3. The topological polar surface area (TPSA) is 320 Å². The number of ketones is 1. The van der Waals surface area contributed by atoms with Crippen molar-refractivity contribution in [2.45, 2.75) is 240 Å². The number of anilines is 3. The van der Waals surface area contributed by atoms with Gasteiger partial charge in [0.05, 0.1) is 108 Å². The van der Waals surface area contributed by atoms with Gasteiger partial charge in [0.15, 0.2) is 0 Å². The number of carbonyl (C=O) groups excluding carboxylic acids is 4. The van der Waals surface area contributed by atoms with Gasteiger partial charge in [0.25, 0.3) is 17.7 Å². The van der Waals surface area contributed by atoms with Gasteiger partial charge in [-0.15, -0.1) is 0 Å². The maximum absolute atomic E-state index is 13.2. The molecule has 7 aliphatic rings. The fourth-order valence-corrected chi connectivity index (χ4v) is 16.4. The Morgan fingerprint density at radius 1 is 0.543 bits per heavy atom. The van der Waals surface area contributed by atoms with Crippen molar-refractivity contribution < 1.29 is 62.7 Å². The molecule has 27 heteroatoms. The van der Waals surface area contributed by atoms with Crippen LogP contribution in [-0.2, 0) is 14.1 Å². The lowest BCUT2D eigenvalue weighted by atomic mass is 9.47. The lowest BCUT2D eigenvalue weighted by Gasteiger charge is -2.60. The van der Waals surface area contributed by atoms with Crippen molar-refractivity contribution in [1.29, 1.82) is 10.5 Å². The highest BCUT2D eigenvalue weighted by Gasteiger charge is 2.58. The van der Waals surface area contributed by atoms with Gasteiger partial charge in [-0.2, -0.15) is 20.7 Å². The molecule has 7 aromatic rings. The van der Waals surface area contributed by atoms with E-state index in [1.165, 1.54) is 18.6 Å². The van der Waals surface area contributed by atoms with Crippen LogP contribution in [0.2, 0.25) is 10.3 Å². The zero-order valence-electron chi connectivity index (χ0n) is 62.8. The monoisotopic (exact) mass is 1580 g/mol. The molecule has 0 unspecified atom stereocenters. The number of nitrogens with zero attached hydrogens (tertiary/aromatic N) is 9. The Labute approximate surface area is 643 Å². The van der Waals surface area contributed by atoms with E-state index in [0.29, 0.717) is 83.6 Å². The van der Waals surface area contributed by atoms with Crippen LogP contribution in [0.4, 0.5) is 17.1 Å². The van der Waals surface area contributed by atoms with E-state index < -0.39 is 18.3 Å². The van der Waals surface area contributed by atoms with Gasteiger partial charge in [-0.25, -0.2) is 19.0 Å². The minimum Gasteiger partial charge on any atom is -1.00 e. The molecule has 0 radical (unpaired) electrons. The van der Waals surface area contributed by atoms with Gasteiger partial charge in [-0.05, 0) is 264 Å². The highest BCUT2D eigenvalue weighted by molar-refractivity contribution is 6.61. The SMILES string of the molecule is CC(=O)C1CC2(CC(NC(=O)c3cnc(Cl)cc3NC(C)C)C2)C1.CC(C)Nc1cc(-c2ccc3cc(C#N)cnn23)ncc1C(=O)NC1CC2(C1)CC(C(C)(C)O)C2.CC(C)Nc1cc(Cl)ncc1C(=O)NC1CC2(C1)CC(C(C)(C)O)C2.CC1(C)OB(c2ccc3cc(C#N)cnn23)OC1(C)C.[I-]. The van der Waals surface area contributed by atoms with Gasteiger partial charge in [-0.3, -0.25) is 24.2 Å². The molecule has 23 nitrogen and oxygen atoms in total. The summed E-state index contributed by atoms with van der Waals surface area (Å²) in [6, 6.07) is 21.8. The van der Waals surface area contributed by atoms with E-state index in [0.717, 1.165) is 105 Å². The largest absolute Gasteiger partial charge is 1.00 e. The van der Waals surface area contributed by atoms with Crippen LogP contribution in [0.25, 0.3) is 22.4 Å². The van der Waals surface area contributed by atoms with E-state index in [1.54, 1.807) is 52.6 Å². The highest BCUT2D eigenvalue weighted by atomic mass is 127. The summed E-state index contributed by atoms with van der Waals surface area (Å²) in [7, 11) is -0.456. The molecule has 7 aromatic heterocycles. The molecule has 8 N–H and O–H groups in total. The molecule has 1 saturated heterocycles. The van der Waals surface area contributed by atoms with Crippen LogP contribution in [0.3, 0.4) is 0 Å². The number of nitriles is 2. The molecule has 105 heavy (non-hydrogen) atoms. The molecule has 7 fully saturated rings. The van der Waals surface area contributed by atoms with Crippen LogP contribution < -0.4 is 61.5 Å². The molecule has 6 aliphatic carbocycles. The fourth-order valence-electron chi connectivity index (χ4n) is 16.1.